The van der Waals surface area contributed by atoms with Crippen molar-refractivity contribution in [3.05, 3.63) is 36.2 Å². The minimum Gasteiger partial charge on any atom is -0.348 e. The zero-order chi connectivity index (χ0) is 18.9. The highest BCUT2D eigenvalue weighted by Gasteiger charge is 2.42. The quantitative estimate of drug-likeness (QED) is 0.877. The Kier molecular flexibility index (Phi) is 4.72. The highest BCUT2D eigenvalue weighted by molar-refractivity contribution is 5.92. The predicted molar refractivity (Wildman–Crippen MR) is 98.9 cm³/mol. The van der Waals surface area contributed by atoms with Crippen LogP contribution in [-0.2, 0) is 18.3 Å². The number of hydrogen-bond acceptors (Lipinski definition) is 4. The van der Waals surface area contributed by atoms with Crippen molar-refractivity contribution in [3.8, 4) is 0 Å². The first-order valence-electron chi connectivity index (χ1n) is 9.59. The van der Waals surface area contributed by atoms with Crippen LogP contribution in [0.2, 0.25) is 0 Å². The number of aryl methyl sites for hydroxylation is 1. The van der Waals surface area contributed by atoms with Crippen LogP contribution >= 0.6 is 0 Å². The summed E-state index contributed by atoms with van der Waals surface area (Å²) in [6.07, 6.45) is 9.50. The van der Waals surface area contributed by atoms with Crippen LogP contribution in [0.1, 0.15) is 41.9 Å². The van der Waals surface area contributed by atoms with Crippen molar-refractivity contribution in [2.45, 2.75) is 32.1 Å². The van der Waals surface area contributed by atoms with Gasteiger partial charge in [0.1, 0.15) is 5.69 Å². The minimum atomic E-state index is -0.00409. The Morgan fingerprint density at radius 3 is 2.96 bits per heavy atom. The van der Waals surface area contributed by atoms with Gasteiger partial charge in [0, 0.05) is 69.6 Å². The number of carbonyl (C=O) groups excluding carboxylic acids is 2. The monoisotopic (exact) mass is 370 g/mol. The molecule has 0 aromatic carbocycles. The number of nitrogens with one attached hydrogen (secondary N) is 1. The van der Waals surface area contributed by atoms with Crippen molar-refractivity contribution in [2.75, 3.05) is 26.2 Å². The van der Waals surface area contributed by atoms with Crippen LogP contribution in [-0.4, -0.2) is 67.5 Å². The maximum absolute atomic E-state index is 12.8. The third-order valence-corrected chi connectivity index (χ3v) is 5.84. The summed E-state index contributed by atoms with van der Waals surface area (Å²) in [5.41, 5.74) is 1.54. The molecule has 2 aliphatic heterocycles. The Hall–Kier alpha value is -2.64. The van der Waals surface area contributed by atoms with Crippen LogP contribution in [0.25, 0.3) is 0 Å². The van der Waals surface area contributed by atoms with Crippen molar-refractivity contribution >= 4 is 11.8 Å². The Labute approximate surface area is 158 Å². The Balaban J connectivity index is 1.43. The summed E-state index contributed by atoms with van der Waals surface area (Å²) in [5, 5.41) is 4.26. The maximum Gasteiger partial charge on any atom is 0.274 e. The first-order chi connectivity index (χ1) is 13.0. The van der Waals surface area contributed by atoms with E-state index in [9.17, 15) is 9.59 Å². The second kappa shape index (κ2) is 7.17. The highest BCUT2D eigenvalue weighted by atomic mass is 16.2. The molecule has 2 fully saturated rings. The summed E-state index contributed by atoms with van der Waals surface area (Å²) in [6, 6.07) is 1.77. The second-order valence-electron chi connectivity index (χ2n) is 7.85. The van der Waals surface area contributed by atoms with Gasteiger partial charge in [-0.25, -0.2) is 4.98 Å². The standard InChI is InChI=1S/C19H26N6O2/c1-23-9-5-16(22-23)18(27)25-8-2-6-19(13-25)7-3-17(26)24(12-19)10-4-15-11-20-14-21-15/h5,9,11,14H,2-4,6-8,10,12-13H2,1H3,(H,20,21)/t19-/m1/s1. The molecule has 0 bridgehead atoms. The van der Waals surface area contributed by atoms with E-state index in [0.717, 1.165) is 44.5 Å². The van der Waals surface area contributed by atoms with Gasteiger partial charge in [-0.2, -0.15) is 5.10 Å². The number of aromatic amines is 1. The molecule has 0 radical (unpaired) electrons. The summed E-state index contributed by atoms with van der Waals surface area (Å²) in [4.78, 5) is 36.3. The van der Waals surface area contributed by atoms with Crippen LogP contribution < -0.4 is 0 Å². The van der Waals surface area contributed by atoms with Crippen LogP contribution in [0.3, 0.4) is 0 Å². The summed E-state index contributed by atoms with van der Waals surface area (Å²) in [6.45, 7) is 2.89. The minimum absolute atomic E-state index is 0.00409. The molecule has 144 valence electrons. The van der Waals surface area contributed by atoms with Gasteiger partial charge in [-0.1, -0.05) is 0 Å². The molecule has 1 N–H and O–H groups in total. The summed E-state index contributed by atoms with van der Waals surface area (Å²) in [5.74, 6) is 0.212. The number of hydrogen-bond donors (Lipinski definition) is 1. The first kappa shape index (κ1) is 17.8. The molecule has 2 aromatic heterocycles. The van der Waals surface area contributed by atoms with Crippen molar-refractivity contribution in [3.63, 3.8) is 0 Å². The highest BCUT2D eigenvalue weighted by Crippen LogP contribution is 2.39. The van der Waals surface area contributed by atoms with E-state index >= 15 is 0 Å². The van der Waals surface area contributed by atoms with E-state index in [2.05, 4.69) is 15.1 Å². The van der Waals surface area contributed by atoms with Crippen molar-refractivity contribution in [1.29, 1.82) is 0 Å². The summed E-state index contributed by atoms with van der Waals surface area (Å²) >= 11 is 0. The van der Waals surface area contributed by atoms with E-state index in [1.165, 1.54) is 0 Å². The molecule has 0 aliphatic carbocycles. The zero-order valence-corrected chi connectivity index (χ0v) is 15.7. The number of piperidine rings is 2. The van der Waals surface area contributed by atoms with E-state index < -0.39 is 0 Å². The molecule has 0 unspecified atom stereocenters. The lowest BCUT2D eigenvalue weighted by atomic mass is 9.73. The number of H-pyrrole nitrogens is 1. The van der Waals surface area contributed by atoms with Crippen LogP contribution in [0.4, 0.5) is 0 Å². The maximum atomic E-state index is 12.8. The number of nitrogens with zero attached hydrogens (tertiary/aromatic N) is 5. The van der Waals surface area contributed by atoms with Crippen molar-refractivity contribution in [1.82, 2.24) is 29.5 Å². The van der Waals surface area contributed by atoms with Gasteiger partial charge in [0.05, 0.1) is 6.33 Å². The van der Waals surface area contributed by atoms with E-state index in [0.29, 0.717) is 25.2 Å². The Morgan fingerprint density at radius 2 is 2.22 bits per heavy atom. The first-order valence-corrected chi connectivity index (χ1v) is 9.59. The third kappa shape index (κ3) is 3.74. The average molecular weight is 370 g/mol. The molecule has 0 saturated carbocycles. The largest absolute Gasteiger partial charge is 0.348 e. The number of aromatic nitrogens is 4. The number of carbonyl (C=O) groups is 2. The fourth-order valence-electron chi connectivity index (χ4n) is 4.39. The summed E-state index contributed by atoms with van der Waals surface area (Å²) in [7, 11) is 1.82. The average Bonchev–Trinajstić information content (AvgIpc) is 3.34. The molecular formula is C19H26N6O2. The number of amides is 2. The van der Waals surface area contributed by atoms with Gasteiger partial charge in [-0.05, 0) is 25.3 Å². The van der Waals surface area contributed by atoms with Gasteiger partial charge < -0.3 is 14.8 Å². The van der Waals surface area contributed by atoms with E-state index in [1.54, 1.807) is 29.5 Å². The predicted octanol–water partition coefficient (Wildman–Crippen LogP) is 1.23. The number of imidazole rings is 1. The molecule has 2 aliphatic rings. The SMILES string of the molecule is Cn1ccc(C(=O)N2CCC[C@]3(CCC(=O)N(CCc4cnc[nH]4)C3)C2)n1. The summed E-state index contributed by atoms with van der Waals surface area (Å²) < 4.78 is 1.66. The van der Waals surface area contributed by atoms with Crippen LogP contribution in [0.15, 0.2) is 24.8 Å². The third-order valence-electron chi connectivity index (χ3n) is 5.84. The second-order valence-corrected chi connectivity index (χ2v) is 7.85. The molecule has 1 atom stereocenters. The van der Waals surface area contributed by atoms with Crippen molar-refractivity contribution < 1.29 is 9.59 Å². The van der Waals surface area contributed by atoms with Gasteiger partial charge in [-0.3, -0.25) is 14.3 Å². The fourth-order valence-corrected chi connectivity index (χ4v) is 4.39. The molecule has 2 aromatic rings. The smallest absolute Gasteiger partial charge is 0.274 e. The fraction of sp³-hybridized carbons (Fsp3) is 0.579. The van der Waals surface area contributed by atoms with Gasteiger partial charge >= 0.3 is 0 Å². The molecular weight excluding hydrogens is 344 g/mol. The van der Waals surface area contributed by atoms with Crippen LogP contribution in [0, 0.1) is 5.41 Å². The molecule has 1 spiro atoms. The lowest BCUT2D eigenvalue weighted by Crippen LogP contribution is -2.55. The lowest BCUT2D eigenvalue weighted by molar-refractivity contribution is -0.138. The zero-order valence-electron chi connectivity index (χ0n) is 15.7. The van der Waals surface area contributed by atoms with Gasteiger partial charge in [0.25, 0.3) is 5.91 Å². The van der Waals surface area contributed by atoms with Crippen LogP contribution in [0.5, 0.6) is 0 Å². The lowest BCUT2D eigenvalue weighted by Gasteiger charge is -2.48. The van der Waals surface area contributed by atoms with E-state index in [1.807, 2.05) is 16.8 Å². The molecule has 8 nitrogen and oxygen atoms in total. The number of rotatable bonds is 4. The molecule has 8 heteroatoms. The molecule has 4 heterocycles. The van der Waals surface area contributed by atoms with E-state index in [-0.39, 0.29) is 17.2 Å². The number of likely N-dealkylation sites (tertiary alicyclic amines) is 2. The van der Waals surface area contributed by atoms with Gasteiger partial charge in [-0.15, -0.1) is 0 Å². The molecule has 27 heavy (non-hydrogen) atoms. The molecule has 4 rings (SSSR count). The van der Waals surface area contributed by atoms with Crippen molar-refractivity contribution in [2.24, 2.45) is 12.5 Å². The Morgan fingerprint density at radius 1 is 1.33 bits per heavy atom. The van der Waals surface area contributed by atoms with Gasteiger partial charge in [0.2, 0.25) is 5.91 Å². The topological polar surface area (TPSA) is 87.1 Å². The normalized spacial score (nSPS) is 23.2. The van der Waals surface area contributed by atoms with E-state index in [4.69, 9.17) is 0 Å². The molecule has 2 saturated heterocycles. The molecule has 2 amide bonds. The van der Waals surface area contributed by atoms with Gasteiger partial charge in [0.15, 0.2) is 0 Å². The Bertz CT molecular complexity index is 814.